The number of guanidine groups is 1. The van der Waals surface area contributed by atoms with Crippen LogP contribution in [0.25, 0.3) is 11.3 Å². The second-order valence-electron chi connectivity index (χ2n) is 5.48. The van der Waals surface area contributed by atoms with E-state index in [1.807, 2.05) is 48.7 Å². The molecule has 0 aliphatic heterocycles. The Morgan fingerprint density at radius 2 is 1.76 bits per heavy atom. The van der Waals surface area contributed by atoms with Crippen LogP contribution < -0.4 is 10.6 Å². The largest absolute Gasteiger partial charge is 0.352 e. The lowest BCUT2D eigenvalue weighted by Crippen LogP contribution is -2.36. The Morgan fingerprint density at radius 1 is 1.04 bits per heavy atom. The molecule has 0 unspecified atom stereocenters. The van der Waals surface area contributed by atoms with Crippen molar-refractivity contribution in [2.45, 2.75) is 13.1 Å². The topological polar surface area (TPSA) is 65.1 Å². The summed E-state index contributed by atoms with van der Waals surface area (Å²) in [5.41, 5.74) is 3.13. The molecule has 0 saturated carbocycles. The molecule has 0 aliphatic rings. The maximum atomic E-state index is 6.17. The van der Waals surface area contributed by atoms with Gasteiger partial charge < -0.3 is 15.6 Å². The maximum Gasteiger partial charge on any atom is 0.191 e. The summed E-state index contributed by atoms with van der Waals surface area (Å²) in [6, 6.07) is 17.9. The van der Waals surface area contributed by atoms with Gasteiger partial charge in [0, 0.05) is 18.6 Å². The SMILES string of the molecule is CN=C(NCc1ncc(-c2ccccc2)[nH]1)NCc1ccccc1Cl. The molecule has 0 saturated heterocycles. The summed E-state index contributed by atoms with van der Waals surface area (Å²) in [7, 11) is 1.74. The summed E-state index contributed by atoms with van der Waals surface area (Å²) in [4.78, 5) is 11.9. The van der Waals surface area contributed by atoms with Gasteiger partial charge >= 0.3 is 0 Å². The van der Waals surface area contributed by atoms with E-state index in [9.17, 15) is 0 Å². The quantitative estimate of drug-likeness (QED) is 0.485. The molecule has 0 radical (unpaired) electrons. The van der Waals surface area contributed by atoms with Crippen molar-refractivity contribution in [1.82, 2.24) is 20.6 Å². The van der Waals surface area contributed by atoms with Gasteiger partial charge in [-0.1, -0.05) is 60.1 Å². The highest BCUT2D eigenvalue weighted by atomic mass is 35.5. The minimum Gasteiger partial charge on any atom is -0.352 e. The van der Waals surface area contributed by atoms with Crippen LogP contribution in [0.1, 0.15) is 11.4 Å². The number of H-pyrrole nitrogens is 1. The van der Waals surface area contributed by atoms with Crippen LogP contribution in [0.5, 0.6) is 0 Å². The Bertz CT molecular complexity index is 842. The number of aromatic nitrogens is 2. The average Bonchev–Trinajstić information content (AvgIpc) is 3.13. The third-order valence-corrected chi connectivity index (χ3v) is 4.13. The van der Waals surface area contributed by atoms with E-state index in [1.165, 1.54) is 0 Å². The number of aliphatic imine (C=N–C) groups is 1. The standard InChI is InChI=1S/C19H20ClN5/c1-21-19(23-11-15-9-5-6-10-16(15)20)24-13-18-22-12-17(25-18)14-7-3-2-4-8-14/h2-10,12H,11,13H2,1H3,(H,22,25)(H2,21,23,24). The summed E-state index contributed by atoms with van der Waals surface area (Å²) in [6.07, 6.45) is 1.84. The van der Waals surface area contributed by atoms with E-state index in [2.05, 4.69) is 37.7 Å². The monoisotopic (exact) mass is 353 g/mol. The highest BCUT2D eigenvalue weighted by Gasteiger charge is 2.05. The van der Waals surface area contributed by atoms with Crippen LogP contribution in [0.4, 0.5) is 0 Å². The summed E-state index contributed by atoms with van der Waals surface area (Å²) < 4.78 is 0. The first-order chi connectivity index (χ1) is 12.3. The molecule has 6 heteroatoms. The molecule has 128 valence electrons. The third kappa shape index (κ3) is 4.61. The minimum atomic E-state index is 0.551. The number of nitrogens with zero attached hydrogens (tertiary/aromatic N) is 2. The van der Waals surface area contributed by atoms with Gasteiger partial charge in [-0.25, -0.2) is 4.98 Å². The normalized spacial score (nSPS) is 11.4. The van der Waals surface area contributed by atoms with Crippen molar-refractivity contribution in [3.63, 3.8) is 0 Å². The molecule has 1 heterocycles. The molecule has 1 aromatic heterocycles. The first-order valence-electron chi connectivity index (χ1n) is 8.03. The van der Waals surface area contributed by atoms with E-state index in [4.69, 9.17) is 11.6 Å². The van der Waals surface area contributed by atoms with Crippen molar-refractivity contribution in [2.75, 3.05) is 7.05 Å². The predicted octanol–water partition coefficient (Wildman–Crippen LogP) is 3.60. The van der Waals surface area contributed by atoms with Crippen molar-refractivity contribution < 1.29 is 0 Å². The molecular weight excluding hydrogens is 334 g/mol. The highest BCUT2D eigenvalue weighted by Crippen LogP contribution is 2.16. The minimum absolute atomic E-state index is 0.551. The summed E-state index contributed by atoms with van der Waals surface area (Å²) >= 11 is 6.17. The number of hydrogen-bond donors (Lipinski definition) is 3. The van der Waals surface area contributed by atoms with Crippen LogP contribution in [0.15, 0.2) is 65.8 Å². The number of aromatic amines is 1. The molecule has 3 rings (SSSR count). The van der Waals surface area contributed by atoms with E-state index in [1.54, 1.807) is 7.05 Å². The van der Waals surface area contributed by atoms with E-state index in [0.29, 0.717) is 19.0 Å². The van der Waals surface area contributed by atoms with Gasteiger partial charge in [-0.15, -0.1) is 0 Å². The fourth-order valence-corrected chi connectivity index (χ4v) is 2.63. The lowest BCUT2D eigenvalue weighted by Gasteiger charge is -2.11. The maximum absolute atomic E-state index is 6.17. The zero-order valence-corrected chi connectivity index (χ0v) is 14.7. The van der Waals surface area contributed by atoms with E-state index in [0.717, 1.165) is 27.7 Å². The summed E-state index contributed by atoms with van der Waals surface area (Å²) in [5, 5.41) is 7.23. The molecule has 3 N–H and O–H groups in total. The smallest absolute Gasteiger partial charge is 0.191 e. The molecule has 2 aromatic carbocycles. The molecule has 3 aromatic rings. The first-order valence-corrected chi connectivity index (χ1v) is 8.41. The van der Waals surface area contributed by atoms with Crippen molar-refractivity contribution >= 4 is 17.6 Å². The number of nitrogens with one attached hydrogen (secondary N) is 3. The van der Waals surface area contributed by atoms with Crippen molar-refractivity contribution in [2.24, 2.45) is 4.99 Å². The molecule has 0 atom stereocenters. The van der Waals surface area contributed by atoms with Gasteiger partial charge in [-0.05, 0) is 17.2 Å². The van der Waals surface area contributed by atoms with Crippen molar-refractivity contribution in [1.29, 1.82) is 0 Å². The van der Waals surface area contributed by atoms with Gasteiger partial charge in [0.05, 0.1) is 18.4 Å². The zero-order chi connectivity index (χ0) is 17.5. The number of halogens is 1. The second-order valence-corrected chi connectivity index (χ2v) is 5.89. The molecule has 25 heavy (non-hydrogen) atoms. The Labute approximate surface area is 152 Å². The van der Waals surface area contributed by atoms with Gasteiger partial charge in [0.15, 0.2) is 5.96 Å². The van der Waals surface area contributed by atoms with Crippen LogP contribution in [0, 0.1) is 0 Å². The molecule has 0 fully saturated rings. The Morgan fingerprint density at radius 3 is 2.52 bits per heavy atom. The average molecular weight is 354 g/mol. The highest BCUT2D eigenvalue weighted by molar-refractivity contribution is 6.31. The summed E-state index contributed by atoms with van der Waals surface area (Å²) in [6.45, 7) is 1.15. The Kier molecular flexibility index (Phi) is 5.69. The zero-order valence-electron chi connectivity index (χ0n) is 14.0. The second kappa shape index (κ2) is 8.35. The molecule has 0 aliphatic carbocycles. The Balaban J connectivity index is 1.55. The first kappa shape index (κ1) is 17.0. The molecule has 0 spiro atoms. The van der Waals surface area contributed by atoms with Crippen LogP contribution in [0.3, 0.4) is 0 Å². The van der Waals surface area contributed by atoms with Gasteiger partial charge in [0.2, 0.25) is 0 Å². The van der Waals surface area contributed by atoms with Gasteiger partial charge in [-0.3, -0.25) is 4.99 Å². The summed E-state index contributed by atoms with van der Waals surface area (Å²) in [5.74, 6) is 1.54. The van der Waals surface area contributed by atoms with Crippen LogP contribution in [0.2, 0.25) is 5.02 Å². The van der Waals surface area contributed by atoms with Crippen molar-refractivity contribution in [3.05, 3.63) is 77.2 Å². The molecule has 5 nitrogen and oxygen atoms in total. The predicted molar refractivity (Wildman–Crippen MR) is 103 cm³/mol. The number of benzene rings is 2. The van der Waals surface area contributed by atoms with Crippen LogP contribution in [-0.4, -0.2) is 23.0 Å². The third-order valence-electron chi connectivity index (χ3n) is 3.76. The van der Waals surface area contributed by atoms with E-state index >= 15 is 0 Å². The molecular formula is C19H20ClN5. The molecule has 0 amide bonds. The fraction of sp³-hybridized carbons (Fsp3) is 0.158. The van der Waals surface area contributed by atoms with E-state index in [-0.39, 0.29) is 0 Å². The van der Waals surface area contributed by atoms with Crippen LogP contribution >= 0.6 is 11.6 Å². The van der Waals surface area contributed by atoms with E-state index < -0.39 is 0 Å². The van der Waals surface area contributed by atoms with Gasteiger partial charge in [0.1, 0.15) is 5.82 Å². The number of rotatable bonds is 5. The van der Waals surface area contributed by atoms with Crippen LogP contribution in [-0.2, 0) is 13.1 Å². The number of imidazole rings is 1. The van der Waals surface area contributed by atoms with Gasteiger partial charge in [-0.2, -0.15) is 0 Å². The lowest BCUT2D eigenvalue weighted by molar-refractivity contribution is 0.782. The molecule has 0 bridgehead atoms. The van der Waals surface area contributed by atoms with Gasteiger partial charge in [0.25, 0.3) is 0 Å². The number of hydrogen-bond acceptors (Lipinski definition) is 2. The fourth-order valence-electron chi connectivity index (χ4n) is 2.43. The van der Waals surface area contributed by atoms with Crippen molar-refractivity contribution in [3.8, 4) is 11.3 Å². The Hall–Kier alpha value is -2.79. The lowest BCUT2D eigenvalue weighted by atomic mass is 10.2.